The van der Waals surface area contributed by atoms with E-state index in [9.17, 15) is 9.59 Å². The number of hydrogen-bond donors (Lipinski definition) is 0. The summed E-state index contributed by atoms with van der Waals surface area (Å²) in [7, 11) is 0. The molecule has 0 N–H and O–H groups in total. The third-order valence-corrected chi connectivity index (χ3v) is 5.41. The fourth-order valence-electron chi connectivity index (χ4n) is 3.21. The highest BCUT2D eigenvalue weighted by atomic mass is 35.5. The summed E-state index contributed by atoms with van der Waals surface area (Å²) < 4.78 is 5.80. The van der Waals surface area contributed by atoms with Gasteiger partial charge < -0.3 is 9.32 Å². The molecule has 1 aromatic heterocycles. The first kappa shape index (κ1) is 18.3. The Bertz CT molecular complexity index is 1090. The number of hydrogen-bond acceptors (Lipinski definition) is 4. The monoisotopic (exact) mass is 422 g/mol. The Labute approximate surface area is 169 Å². The van der Waals surface area contributed by atoms with Crippen LogP contribution in [0.15, 0.2) is 34.7 Å². The summed E-state index contributed by atoms with van der Waals surface area (Å²) >= 11 is 17.8. The minimum atomic E-state index is -0.495. The van der Waals surface area contributed by atoms with Gasteiger partial charge in [-0.15, -0.1) is 0 Å². The van der Waals surface area contributed by atoms with Crippen LogP contribution in [0, 0.1) is 12.8 Å². The summed E-state index contributed by atoms with van der Waals surface area (Å²) in [4.78, 5) is 29.8. The second kappa shape index (κ2) is 6.82. The van der Waals surface area contributed by atoms with E-state index in [1.165, 1.54) is 0 Å². The molecule has 4 rings (SSSR count). The molecule has 138 valence electrons. The van der Waals surface area contributed by atoms with E-state index >= 15 is 0 Å². The smallest absolute Gasteiger partial charge is 0.227 e. The van der Waals surface area contributed by atoms with Crippen LogP contribution in [0.4, 0.5) is 5.69 Å². The number of amides is 1. The van der Waals surface area contributed by atoms with E-state index in [-0.39, 0.29) is 18.9 Å². The largest absolute Gasteiger partial charge is 0.435 e. The van der Waals surface area contributed by atoms with Crippen LogP contribution in [-0.4, -0.2) is 22.7 Å². The fraction of sp³-hybridized carbons (Fsp3) is 0.211. The summed E-state index contributed by atoms with van der Waals surface area (Å²) in [6.45, 7) is 2.16. The number of carbonyl (C=O) groups excluding carboxylic acids is 2. The lowest BCUT2D eigenvalue weighted by Crippen LogP contribution is -2.26. The molecular formula is C19H13Cl3N2O3. The standard InChI is InChI=1S/C19H13Cl3N2O3/c1-9-2-3-10(4-15(9)24-8-11(18(22)26)5-16(24)25)19-23-14-7-12(20)6-13(21)17(14)27-19/h2-4,6-7,11H,5,8H2,1H3. The van der Waals surface area contributed by atoms with Crippen molar-refractivity contribution in [3.8, 4) is 11.5 Å². The van der Waals surface area contributed by atoms with Crippen LogP contribution in [0.25, 0.3) is 22.6 Å². The first-order chi connectivity index (χ1) is 12.8. The van der Waals surface area contributed by atoms with Gasteiger partial charge in [0.25, 0.3) is 0 Å². The van der Waals surface area contributed by atoms with Crippen molar-refractivity contribution in [3.05, 3.63) is 45.9 Å². The number of aromatic nitrogens is 1. The van der Waals surface area contributed by atoms with E-state index in [0.717, 1.165) is 5.56 Å². The van der Waals surface area contributed by atoms with Gasteiger partial charge in [-0.3, -0.25) is 9.59 Å². The highest BCUT2D eigenvalue weighted by molar-refractivity contribution is 6.64. The lowest BCUT2D eigenvalue weighted by molar-refractivity contribution is -0.120. The third kappa shape index (κ3) is 3.31. The number of aryl methyl sites for hydroxylation is 1. The molecule has 1 unspecified atom stereocenters. The lowest BCUT2D eigenvalue weighted by Gasteiger charge is -2.19. The van der Waals surface area contributed by atoms with Crippen LogP contribution in [-0.2, 0) is 9.59 Å². The molecule has 1 atom stereocenters. The predicted octanol–water partition coefficient (Wildman–Crippen LogP) is 5.23. The molecule has 1 aliphatic heterocycles. The second-order valence-corrected chi connectivity index (χ2v) is 7.68. The Balaban J connectivity index is 1.76. The van der Waals surface area contributed by atoms with Gasteiger partial charge in [0.1, 0.15) is 5.52 Å². The SMILES string of the molecule is Cc1ccc(-c2nc3cc(Cl)cc(Cl)c3o2)cc1N1CC(C(=O)Cl)CC1=O. The Kier molecular flexibility index (Phi) is 4.62. The molecule has 0 bridgehead atoms. The van der Waals surface area contributed by atoms with Crippen molar-refractivity contribution < 1.29 is 14.0 Å². The maximum absolute atomic E-state index is 12.4. The highest BCUT2D eigenvalue weighted by Crippen LogP contribution is 2.35. The molecule has 3 aromatic rings. The molecule has 1 saturated heterocycles. The lowest BCUT2D eigenvalue weighted by atomic mass is 10.1. The van der Waals surface area contributed by atoms with Crippen molar-refractivity contribution >= 4 is 62.7 Å². The first-order valence-electron chi connectivity index (χ1n) is 8.20. The van der Waals surface area contributed by atoms with Gasteiger partial charge in [-0.2, -0.15) is 0 Å². The number of rotatable bonds is 3. The predicted molar refractivity (Wildman–Crippen MR) is 106 cm³/mol. The van der Waals surface area contributed by atoms with E-state index in [1.54, 1.807) is 17.0 Å². The van der Waals surface area contributed by atoms with Gasteiger partial charge in [-0.25, -0.2) is 4.98 Å². The molecule has 0 radical (unpaired) electrons. The zero-order chi connectivity index (χ0) is 19.3. The maximum atomic E-state index is 12.4. The Morgan fingerprint density at radius 2 is 2.04 bits per heavy atom. The summed E-state index contributed by atoms with van der Waals surface area (Å²) in [6.07, 6.45) is 0.114. The van der Waals surface area contributed by atoms with Crippen molar-refractivity contribution in [2.75, 3.05) is 11.4 Å². The second-order valence-electron chi connectivity index (χ2n) is 6.47. The van der Waals surface area contributed by atoms with E-state index in [1.807, 2.05) is 25.1 Å². The van der Waals surface area contributed by atoms with Crippen molar-refractivity contribution in [2.24, 2.45) is 5.92 Å². The van der Waals surface area contributed by atoms with Gasteiger partial charge in [0, 0.05) is 29.2 Å². The number of fused-ring (bicyclic) bond motifs is 1. The number of nitrogens with zero attached hydrogens (tertiary/aromatic N) is 2. The number of anilines is 1. The number of halogens is 3. The molecule has 0 aliphatic carbocycles. The molecule has 1 aliphatic rings. The van der Waals surface area contributed by atoms with E-state index < -0.39 is 11.2 Å². The number of oxazole rings is 1. The van der Waals surface area contributed by atoms with Crippen LogP contribution in [0.3, 0.4) is 0 Å². The fourth-order valence-corrected chi connectivity index (χ4v) is 3.88. The molecule has 0 spiro atoms. The molecule has 5 nitrogen and oxygen atoms in total. The van der Waals surface area contributed by atoms with Crippen LogP contribution in [0.5, 0.6) is 0 Å². The van der Waals surface area contributed by atoms with Gasteiger partial charge in [-0.05, 0) is 48.4 Å². The summed E-state index contributed by atoms with van der Waals surface area (Å²) in [5.74, 6) is -0.263. The Morgan fingerprint density at radius 1 is 1.26 bits per heavy atom. The first-order valence-corrected chi connectivity index (χ1v) is 9.33. The van der Waals surface area contributed by atoms with Crippen LogP contribution in [0.1, 0.15) is 12.0 Å². The molecule has 27 heavy (non-hydrogen) atoms. The number of carbonyl (C=O) groups is 2. The van der Waals surface area contributed by atoms with Crippen molar-refractivity contribution in [2.45, 2.75) is 13.3 Å². The van der Waals surface area contributed by atoms with Crippen LogP contribution < -0.4 is 4.90 Å². The molecule has 2 aromatic carbocycles. The topological polar surface area (TPSA) is 63.4 Å². The molecule has 2 heterocycles. The van der Waals surface area contributed by atoms with Crippen LogP contribution >= 0.6 is 34.8 Å². The van der Waals surface area contributed by atoms with Gasteiger partial charge in [0.15, 0.2) is 5.58 Å². The molecule has 0 saturated carbocycles. The normalized spacial score (nSPS) is 17.1. The third-order valence-electron chi connectivity index (χ3n) is 4.60. The van der Waals surface area contributed by atoms with E-state index in [4.69, 9.17) is 39.2 Å². The summed E-state index contributed by atoms with van der Waals surface area (Å²) in [6, 6.07) is 8.80. The quantitative estimate of drug-likeness (QED) is 0.541. The van der Waals surface area contributed by atoms with Gasteiger partial charge in [0.05, 0.1) is 10.9 Å². The highest BCUT2D eigenvalue weighted by Gasteiger charge is 2.35. The molecule has 1 fully saturated rings. The average Bonchev–Trinajstić information content (AvgIpc) is 3.19. The average molecular weight is 424 g/mol. The molecule has 8 heteroatoms. The number of benzene rings is 2. The molecular weight excluding hydrogens is 411 g/mol. The van der Waals surface area contributed by atoms with Gasteiger partial charge >= 0.3 is 0 Å². The Hall–Kier alpha value is -2.08. The molecule has 1 amide bonds. The minimum absolute atomic E-state index is 0.114. The van der Waals surface area contributed by atoms with E-state index in [0.29, 0.717) is 38.3 Å². The summed E-state index contributed by atoms with van der Waals surface area (Å²) in [5.41, 5.74) is 3.28. The van der Waals surface area contributed by atoms with Crippen LogP contribution in [0.2, 0.25) is 10.0 Å². The van der Waals surface area contributed by atoms with Crippen molar-refractivity contribution in [1.82, 2.24) is 4.98 Å². The maximum Gasteiger partial charge on any atom is 0.227 e. The minimum Gasteiger partial charge on any atom is -0.435 e. The zero-order valence-corrected chi connectivity index (χ0v) is 16.4. The van der Waals surface area contributed by atoms with E-state index in [2.05, 4.69) is 4.98 Å². The van der Waals surface area contributed by atoms with Crippen molar-refractivity contribution in [1.29, 1.82) is 0 Å². The van der Waals surface area contributed by atoms with Crippen molar-refractivity contribution in [3.63, 3.8) is 0 Å². The Morgan fingerprint density at radius 3 is 2.74 bits per heavy atom. The van der Waals surface area contributed by atoms with Gasteiger partial charge in [-0.1, -0.05) is 29.3 Å². The zero-order valence-electron chi connectivity index (χ0n) is 14.1. The summed E-state index contributed by atoms with van der Waals surface area (Å²) in [5, 5.41) is 0.350. The van der Waals surface area contributed by atoms with Gasteiger partial charge in [0.2, 0.25) is 17.0 Å².